The first kappa shape index (κ1) is 60.5. The van der Waals surface area contributed by atoms with Crippen LogP contribution < -0.4 is 19.6 Å². The maximum absolute atomic E-state index is 4.57. The third kappa shape index (κ3) is 16.1. The number of aromatic nitrogens is 4. The van der Waals surface area contributed by atoms with E-state index in [0.717, 1.165) is 79.9 Å². The molecule has 12 nitrogen and oxygen atoms in total. The fraction of sp³-hybridized carbons (Fsp3) is 0. The van der Waals surface area contributed by atoms with Gasteiger partial charge >= 0.3 is 0 Å². The third-order valence-electron chi connectivity index (χ3n) is 12.9. The molecule has 86 heavy (non-hydrogen) atoms. The summed E-state index contributed by atoms with van der Waals surface area (Å²) < 4.78 is 0. The SMILES string of the molecule is C(=Nc1ccccc1)[N-]c1ccccc1.C(=Nc1ccccc1)[N-]c1ccccc1.[Pt].[Pt].[c-]1ccc(-c2ccccc2)cc1N1[CH-]N(c2ccccc2)c2nccnc21.[c-]1ccc(-c2ccccc2)cc1N1[CH-]N(c2ccccc2)c2nccnc21. The van der Waals surface area contributed by atoms with E-state index in [9.17, 15) is 0 Å². The summed E-state index contributed by atoms with van der Waals surface area (Å²) in [5, 5.41) is 8.42. The summed E-state index contributed by atoms with van der Waals surface area (Å²) in [6.45, 7) is 4.03. The molecule has 2 aromatic heterocycles. The number of para-hydroxylation sites is 6. The molecule has 0 saturated carbocycles. The van der Waals surface area contributed by atoms with Crippen molar-refractivity contribution in [3.63, 3.8) is 0 Å². The van der Waals surface area contributed by atoms with Crippen LogP contribution in [0.15, 0.2) is 314 Å². The van der Waals surface area contributed by atoms with E-state index in [-0.39, 0.29) is 42.1 Å². The molecule has 0 N–H and O–H groups in total. The Labute approximate surface area is 531 Å². The molecule has 0 amide bonds. The van der Waals surface area contributed by atoms with Crippen molar-refractivity contribution in [2.24, 2.45) is 9.98 Å². The van der Waals surface area contributed by atoms with E-state index < -0.39 is 0 Å². The Balaban J connectivity index is 0.000000141. The van der Waals surface area contributed by atoms with Gasteiger partial charge in [-0.05, 0) is 58.1 Å². The minimum atomic E-state index is 0. The zero-order valence-electron chi connectivity index (χ0n) is 46.2. The normalized spacial score (nSPS) is 11.7. The van der Waals surface area contributed by atoms with Gasteiger partial charge in [0.1, 0.15) is 23.3 Å². The predicted octanol–water partition coefficient (Wildman–Crippen LogP) is 18.8. The van der Waals surface area contributed by atoms with Gasteiger partial charge in [0.05, 0.1) is 0 Å². The molecule has 0 unspecified atom stereocenters. The molecule has 2 aliphatic rings. The van der Waals surface area contributed by atoms with Crippen molar-refractivity contribution >= 4 is 81.4 Å². The van der Waals surface area contributed by atoms with Gasteiger partial charge < -0.3 is 40.2 Å². The van der Waals surface area contributed by atoms with Crippen molar-refractivity contribution < 1.29 is 42.1 Å². The van der Waals surface area contributed by atoms with Crippen molar-refractivity contribution in [1.29, 1.82) is 0 Å². The molecule has 2 aliphatic heterocycles. The molecular formula is C72H54N12Pt2-6. The second kappa shape index (κ2) is 31.5. The van der Waals surface area contributed by atoms with Crippen molar-refractivity contribution in [3.05, 3.63) is 340 Å². The van der Waals surface area contributed by atoms with Crippen LogP contribution in [0.3, 0.4) is 0 Å². The number of hydrogen-bond donors (Lipinski definition) is 0. The van der Waals surface area contributed by atoms with Crippen LogP contribution in [-0.4, -0.2) is 32.6 Å². The van der Waals surface area contributed by atoms with Gasteiger partial charge in [-0.2, -0.15) is 36.4 Å². The minimum absolute atomic E-state index is 0. The van der Waals surface area contributed by atoms with E-state index in [2.05, 4.69) is 125 Å². The molecule has 10 aromatic carbocycles. The van der Waals surface area contributed by atoms with E-state index in [0.29, 0.717) is 0 Å². The maximum atomic E-state index is 4.57. The number of nitrogens with zero attached hydrogens (tertiary/aromatic N) is 12. The van der Waals surface area contributed by atoms with Crippen LogP contribution in [0.2, 0.25) is 0 Å². The smallest absolute Gasteiger partial charge is 0.145 e. The van der Waals surface area contributed by atoms with Gasteiger partial charge in [0.25, 0.3) is 0 Å². The van der Waals surface area contributed by atoms with E-state index in [4.69, 9.17) is 0 Å². The van der Waals surface area contributed by atoms with Crippen molar-refractivity contribution in [2.45, 2.75) is 0 Å². The molecule has 0 spiro atoms. The Morgan fingerprint density at radius 2 is 0.616 bits per heavy atom. The van der Waals surface area contributed by atoms with Crippen LogP contribution in [0, 0.1) is 25.5 Å². The summed E-state index contributed by atoms with van der Waals surface area (Å²) >= 11 is 0. The first-order chi connectivity index (χ1) is 41.7. The molecule has 0 fully saturated rings. The number of anilines is 8. The molecule has 12 aromatic rings. The molecular weight excluding hydrogens is 1420 g/mol. The van der Waals surface area contributed by atoms with Crippen molar-refractivity contribution in [2.75, 3.05) is 19.6 Å². The van der Waals surface area contributed by atoms with Crippen LogP contribution in [0.4, 0.5) is 68.8 Å². The molecule has 4 heterocycles. The van der Waals surface area contributed by atoms with Gasteiger partial charge in [-0.15, -0.1) is 48.0 Å². The van der Waals surface area contributed by atoms with Crippen LogP contribution in [0.25, 0.3) is 32.9 Å². The quantitative estimate of drug-likeness (QED) is 0.0674. The minimum Gasteiger partial charge on any atom is -0.477 e. The van der Waals surface area contributed by atoms with E-state index in [1.54, 1.807) is 37.5 Å². The summed E-state index contributed by atoms with van der Waals surface area (Å²) in [5.74, 6) is 3.20. The number of aliphatic imine (C=N–C) groups is 2. The number of rotatable bonds is 12. The fourth-order valence-electron chi connectivity index (χ4n) is 8.87. The van der Waals surface area contributed by atoms with E-state index in [1.807, 2.05) is 239 Å². The Kier molecular flexibility index (Phi) is 22.2. The fourth-order valence-corrected chi connectivity index (χ4v) is 8.87. The molecule has 14 rings (SSSR count). The molecule has 428 valence electrons. The summed E-state index contributed by atoms with van der Waals surface area (Å²) in [7, 11) is 0. The zero-order valence-corrected chi connectivity index (χ0v) is 50.7. The van der Waals surface area contributed by atoms with Crippen molar-refractivity contribution in [3.8, 4) is 22.3 Å². The Hall–Kier alpha value is -10.1. The molecule has 0 aliphatic carbocycles. The number of benzene rings is 10. The van der Waals surface area contributed by atoms with Gasteiger partial charge in [0.15, 0.2) is 0 Å². The summed E-state index contributed by atoms with van der Waals surface area (Å²) in [5.41, 5.74) is 12.2. The molecule has 0 saturated heterocycles. The van der Waals surface area contributed by atoms with Gasteiger partial charge in [-0.3, -0.25) is 0 Å². The Morgan fingerprint density at radius 3 is 0.953 bits per heavy atom. The molecule has 0 bridgehead atoms. The molecule has 14 heteroatoms. The number of fused-ring (bicyclic) bond motifs is 2. The van der Waals surface area contributed by atoms with Gasteiger partial charge in [-0.25, -0.2) is 19.9 Å². The monoisotopic (exact) mass is 1480 g/mol. The van der Waals surface area contributed by atoms with Gasteiger partial charge in [0.2, 0.25) is 0 Å². The topological polar surface area (TPSA) is 117 Å². The molecule has 0 atom stereocenters. The second-order valence-electron chi connectivity index (χ2n) is 18.5. The Morgan fingerprint density at radius 1 is 0.326 bits per heavy atom. The van der Waals surface area contributed by atoms with E-state index in [1.165, 1.54) is 11.1 Å². The molecule has 0 radical (unpaired) electrons. The average Bonchev–Trinajstić information content (AvgIpc) is 2.17. The average molecular weight is 1480 g/mol. The van der Waals surface area contributed by atoms with Crippen molar-refractivity contribution in [1.82, 2.24) is 19.9 Å². The summed E-state index contributed by atoms with van der Waals surface area (Å²) in [4.78, 5) is 34.8. The van der Waals surface area contributed by atoms with Crippen LogP contribution >= 0.6 is 0 Å². The van der Waals surface area contributed by atoms with Crippen LogP contribution in [0.1, 0.15) is 0 Å². The second-order valence-corrected chi connectivity index (χ2v) is 18.5. The summed E-state index contributed by atoms with van der Waals surface area (Å²) in [6.07, 6.45) is 10.0. The Bertz CT molecular complexity index is 3730. The first-order valence-corrected chi connectivity index (χ1v) is 27.1. The predicted molar refractivity (Wildman–Crippen MR) is 344 cm³/mol. The van der Waals surface area contributed by atoms with Crippen LogP contribution in [-0.2, 0) is 42.1 Å². The van der Waals surface area contributed by atoms with E-state index >= 15 is 0 Å². The summed E-state index contributed by atoms with van der Waals surface area (Å²) in [6, 6.07) is 99.0. The van der Waals surface area contributed by atoms with Crippen LogP contribution in [0.5, 0.6) is 0 Å². The van der Waals surface area contributed by atoms with Gasteiger partial charge in [-0.1, -0.05) is 231 Å². The zero-order chi connectivity index (χ0) is 56.8. The third-order valence-corrected chi connectivity index (χ3v) is 12.9. The first-order valence-electron chi connectivity index (χ1n) is 27.1. The maximum Gasteiger partial charge on any atom is 0.145 e. The number of hydrogen-bond acceptors (Lipinski definition) is 10. The largest absolute Gasteiger partial charge is 0.477 e. The van der Waals surface area contributed by atoms with Gasteiger partial charge in [0, 0.05) is 78.3 Å². The standard InChI is InChI=1S/2C23H16N4.2C13H11N2.2Pt/c2*1-3-8-18(9-4-1)19-10-7-13-21(16-19)27-17-26(20-11-5-2-6-12-20)22-23(27)25-15-14-24-22;2*1-3-7-12(8-4-1)14-11-15-13-9-5-2-6-10-13;;/h2*1-12,14-17H;2*1-11H;;/q2*-2;2*-1;;.